The van der Waals surface area contributed by atoms with Crippen molar-refractivity contribution in [3.63, 3.8) is 0 Å². The number of halogens is 2. The highest BCUT2D eigenvalue weighted by molar-refractivity contribution is 9.10. The number of benzene rings is 1. The van der Waals surface area contributed by atoms with E-state index >= 15 is 0 Å². The molecular weight excluding hydrogens is 411 g/mol. The zero-order valence-electron chi connectivity index (χ0n) is 13.7. The second-order valence-electron chi connectivity index (χ2n) is 5.82. The first-order valence-electron chi connectivity index (χ1n) is 7.69. The normalized spacial score (nSPS) is 15.9. The highest BCUT2D eigenvalue weighted by atomic mass is 79.9. The van der Waals surface area contributed by atoms with Gasteiger partial charge in [0.2, 0.25) is 0 Å². The lowest BCUT2D eigenvalue weighted by molar-refractivity contribution is -0.145. The summed E-state index contributed by atoms with van der Waals surface area (Å²) in [6.07, 6.45) is 0.0553. The Balaban J connectivity index is 1.69. The van der Waals surface area contributed by atoms with E-state index in [1.807, 2.05) is 0 Å². The summed E-state index contributed by atoms with van der Waals surface area (Å²) in [5.41, 5.74) is 1.47. The third-order valence-corrected chi connectivity index (χ3v) is 5.85. The molecule has 5 nitrogen and oxygen atoms in total. The van der Waals surface area contributed by atoms with Crippen LogP contribution in [-0.4, -0.2) is 21.3 Å². The van der Waals surface area contributed by atoms with Crippen molar-refractivity contribution in [1.82, 2.24) is 9.55 Å². The molecule has 1 aliphatic rings. The molecule has 2 aromatic rings. The van der Waals surface area contributed by atoms with Gasteiger partial charge in [-0.25, -0.2) is 9.37 Å². The van der Waals surface area contributed by atoms with Gasteiger partial charge >= 0.3 is 5.97 Å². The van der Waals surface area contributed by atoms with Crippen molar-refractivity contribution < 1.29 is 13.9 Å². The number of aromatic nitrogens is 2. The van der Waals surface area contributed by atoms with Gasteiger partial charge in [-0.15, -0.1) is 0 Å². The van der Waals surface area contributed by atoms with Crippen LogP contribution < -0.4 is 5.56 Å². The maximum absolute atomic E-state index is 13.9. The van der Waals surface area contributed by atoms with Crippen LogP contribution in [0, 0.1) is 19.7 Å². The molecule has 1 aliphatic heterocycles. The van der Waals surface area contributed by atoms with Gasteiger partial charge < -0.3 is 4.74 Å². The first kappa shape index (κ1) is 18.1. The average molecular weight is 427 g/mol. The standard InChI is InChI=1S/C17H16BrFN2O3S/c1-9-10(2)20-17-21(16(9)23)12(8-25-17)6-14(22)24-7-11-4-3-5-13(18)15(11)19/h3-5,12H,6-8H2,1-2H3. The Morgan fingerprint density at radius 3 is 3.00 bits per heavy atom. The molecule has 0 amide bonds. The summed E-state index contributed by atoms with van der Waals surface area (Å²) in [7, 11) is 0. The largest absolute Gasteiger partial charge is 0.461 e. The molecule has 0 aliphatic carbocycles. The number of hydrogen-bond acceptors (Lipinski definition) is 5. The van der Waals surface area contributed by atoms with Crippen molar-refractivity contribution in [3.05, 3.63) is 55.7 Å². The smallest absolute Gasteiger partial charge is 0.308 e. The second kappa shape index (κ2) is 7.29. The van der Waals surface area contributed by atoms with Crippen molar-refractivity contribution in [3.8, 4) is 0 Å². The van der Waals surface area contributed by atoms with Crippen molar-refractivity contribution >= 4 is 33.7 Å². The fourth-order valence-electron chi connectivity index (χ4n) is 2.59. The lowest BCUT2D eigenvalue weighted by atomic mass is 10.2. The number of esters is 1. The predicted molar refractivity (Wildman–Crippen MR) is 96.2 cm³/mol. The average Bonchev–Trinajstić information content (AvgIpc) is 2.96. The van der Waals surface area contributed by atoms with E-state index in [0.29, 0.717) is 32.2 Å². The van der Waals surface area contributed by atoms with Crippen LogP contribution in [0.3, 0.4) is 0 Å². The van der Waals surface area contributed by atoms with Crippen molar-refractivity contribution in [2.24, 2.45) is 0 Å². The Morgan fingerprint density at radius 1 is 1.48 bits per heavy atom. The van der Waals surface area contributed by atoms with Gasteiger partial charge in [-0.2, -0.15) is 0 Å². The Kier molecular flexibility index (Phi) is 5.29. The maximum atomic E-state index is 13.9. The SMILES string of the molecule is Cc1nc2n(c(=O)c1C)C(CC(=O)OCc1cccc(Br)c1F)CS2. The van der Waals surface area contributed by atoms with Gasteiger partial charge in [0.1, 0.15) is 12.4 Å². The summed E-state index contributed by atoms with van der Waals surface area (Å²) in [5, 5.41) is 0.629. The molecule has 25 heavy (non-hydrogen) atoms. The third kappa shape index (κ3) is 3.64. The summed E-state index contributed by atoms with van der Waals surface area (Å²) in [5.74, 6) is -0.322. The van der Waals surface area contributed by atoms with Crippen LogP contribution in [0.25, 0.3) is 0 Å². The Hall–Kier alpha value is -1.67. The van der Waals surface area contributed by atoms with Gasteiger partial charge in [-0.3, -0.25) is 14.2 Å². The summed E-state index contributed by atoms with van der Waals surface area (Å²) in [6.45, 7) is 3.38. The van der Waals surface area contributed by atoms with Gasteiger partial charge in [-0.1, -0.05) is 23.9 Å². The molecule has 0 bridgehead atoms. The minimum absolute atomic E-state index is 0.0553. The topological polar surface area (TPSA) is 61.2 Å². The van der Waals surface area contributed by atoms with Gasteiger partial charge in [0.25, 0.3) is 5.56 Å². The van der Waals surface area contributed by atoms with Crippen molar-refractivity contribution in [2.75, 3.05) is 5.75 Å². The van der Waals surface area contributed by atoms with Crippen LogP contribution in [0.5, 0.6) is 0 Å². The molecule has 3 rings (SSSR count). The first-order valence-corrected chi connectivity index (χ1v) is 9.47. The van der Waals surface area contributed by atoms with Crippen LogP contribution in [0.2, 0.25) is 0 Å². The Morgan fingerprint density at radius 2 is 2.24 bits per heavy atom. The zero-order valence-corrected chi connectivity index (χ0v) is 16.1. The Labute approximate surface area is 156 Å². The number of rotatable bonds is 4. The Bertz CT molecular complexity index is 900. The molecule has 0 saturated heterocycles. The number of hydrogen-bond donors (Lipinski definition) is 0. The molecule has 132 valence electrons. The number of aryl methyl sites for hydroxylation is 1. The highest BCUT2D eigenvalue weighted by Gasteiger charge is 2.29. The fraction of sp³-hybridized carbons (Fsp3) is 0.353. The van der Waals surface area contributed by atoms with Gasteiger partial charge in [0.15, 0.2) is 5.16 Å². The van der Waals surface area contributed by atoms with E-state index < -0.39 is 11.8 Å². The molecule has 0 spiro atoms. The van der Waals surface area contributed by atoms with E-state index in [2.05, 4.69) is 20.9 Å². The molecule has 1 atom stereocenters. The number of carbonyl (C=O) groups excluding carboxylic acids is 1. The quantitative estimate of drug-likeness (QED) is 0.552. The third-order valence-electron chi connectivity index (χ3n) is 4.14. The number of ether oxygens (including phenoxy) is 1. The molecule has 1 unspecified atom stereocenters. The molecule has 0 radical (unpaired) electrons. The molecule has 1 aromatic heterocycles. The van der Waals surface area contributed by atoms with E-state index in [1.165, 1.54) is 11.8 Å². The zero-order chi connectivity index (χ0) is 18.1. The van der Waals surface area contributed by atoms with Crippen LogP contribution in [0.1, 0.15) is 29.3 Å². The first-order chi connectivity index (χ1) is 11.9. The van der Waals surface area contributed by atoms with Crippen molar-refractivity contribution in [1.29, 1.82) is 0 Å². The van der Waals surface area contributed by atoms with Crippen LogP contribution >= 0.6 is 27.7 Å². The van der Waals surface area contributed by atoms with E-state index in [4.69, 9.17) is 4.74 Å². The van der Waals surface area contributed by atoms with Crippen molar-refractivity contribution in [2.45, 2.75) is 38.1 Å². The summed E-state index contributed by atoms with van der Waals surface area (Å²) >= 11 is 4.55. The van der Waals surface area contributed by atoms with Gasteiger partial charge in [-0.05, 0) is 35.8 Å². The van der Waals surface area contributed by atoms with E-state index in [0.717, 1.165) is 0 Å². The number of carbonyl (C=O) groups is 1. The number of nitrogens with zero attached hydrogens (tertiary/aromatic N) is 2. The van der Waals surface area contributed by atoms with E-state index in [-0.39, 0.29) is 24.6 Å². The number of thioether (sulfide) groups is 1. The van der Waals surface area contributed by atoms with Gasteiger partial charge in [0.05, 0.1) is 16.9 Å². The lowest BCUT2D eigenvalue weighted by Gasteiger charge is -2.14. The maximum Gasteiger partial charge on any atom is 0.308 e. The molecule has 0 N–H and O–H groups in total. The summed E-state index contributed by atoms with van der Waals surface area (Å²) in [6, 6.07) is 4.53. The van der Waals surface area contributed by atoms with Crippen LogP contribution in [0.4, 0.5) is 4.39 Å². The van der Waals surface area contributed by atoms with Crippen LogP contribution in [-0.2, 0) is 16.1 Å². The van der Waals surface area contributed by atoms with Gasteiger partial charge in [0, 0.05) is 22.6 Å². The highest BCUT2D eigenvalue weighted by Crippen LogP contribution is 2.32. The summed E-state index contributed by atoms with van der Waals surface area (Å²) < 4.78 is 21.0. The predicted octanol–water partition coefficient (Wildman–Crippen LogP) is 3.54. The fourth-order valence-corrected chi connectivity index (χ4v) is 4.18. The van der Waals surface area contributed by atoms with E-state index in [1.54, 1.807) is 36.6 Å². The monoisotopic (exact) mass is 426 g/mol. The van der Waals surface area contributed by atoms with E-state index in [9.17, 15) is 14.0 Å². The number of fused-ring (bicyclic) bond motifs is 1. The minimum atomic E-state index is -0.469. The van der Waals surface area contributed by atoms with Crippen LogP contribution in [0.15, 0.2) is 32.6 Å². The molecule has 1 aromatic carbocycles. The summed E-state index contributed by atoms with van der Waals surface area (Å²) in [4.78, 5) is 29.0. The molecule has 2 heterocycles. The molecule has 8 heteroatoms. The minimum Gasteiger partial charge on any atom is -0.461 e. The molecule has 0 fully saturated rings. The lowest BCUT2D eigenvalue weighted by Crippen LogP contribution is -2.29. The molecule has 0 saturated carbocycles. The second-order valence-corrected chi connectivity index (χ2v) is 7.66. The molecular formula is C17H16BrFN2O3S.